The van der Waals surface area contributed by atoms with E-state index in [1.165, 1.54) is 11.8 Å². The van der Waals surface area contributed by atoms with Gasteiger partial charge in [0.2, 0.25) is 0 Å². The average molecular weight is 223 g/mol. The van der Waals surface area contributed by atoms with Crippen LogP contribution < -0.4 is 0 Å². The van der Waals surface area contributed by atoms with Crippen molar-refractivity contribution >= 4 is 39.4 Å². The maximum atomic E-state index is 11.5. The van der Waals surface area contributed by atoms with Crippen molar-refractivity contribution in [3.05, 3.63) is 24.3 Å². The summed E-state index contributed by atoms with van der Waals surface area (Å²) in [4.78, 5) is 16.9. The second-order valence-corrected chi connectivity index (χ2v) is 4.81. The normalized spacial score (nSPS) is 15.8. The molecule has 1 aliphatic rings. The first kappa shape index (κ1) is 9.80. The first-order valence-electron chi connectivity index (χ1n) is 4.21. The first-order valence-corrected chi connectivity index (χ1v) is 6.25. The van der Waals surface area contributed by atoms with Gasteiger partial charge < -0.3 is 0 Å². The fraction of sp³-hybridized carbons (Fsp3) is 0.200. The van der Waals surface area contributed by atoms with Crippen LogP contribution in [0, 0.1) is 0 Å². The molecule has 0 N–H and O–H groups in total. The van der Waals surface area contributed by atoms with Gasteiger partial charge in [-0.3, -0.25) is 4.79 Å². The van der Waals surface area contributed by atoms with Crippen LogP contribution in [0.3, 0.4) is 0 Å². The summed E-state index contributed by atoms with van der Waals surface area (Å²) in [5.74, 6) is 0. The molecule has 0 atom stereocenters. The van der Waals surface area contributed by atoms with E-state index in [1.54, 1.807) is 11.8 Å². The smallest absolute Gasteiger partial charge is 0.200 e. The van der Waals surface area contributed by atoms with Crippen LogP contribution in [0.4, 0.5) is 5.69 Å². The first-order chi connectivity index (χ1) is 6.79. The molecule has 0 saturated carbocycles. The SMILES string of the molecule is CSC1=Nc2ccccc2SC(=O)C1. The number of hydrogen-bond acceptors (Lipinski definition) is 4. The highest BCUT2D eigenvalue weighted by atomic mass is 32.2. The Morgan fingerprint density at radius 3 is 3.00 bits per heavy atom. The molecule has 0 spiro atoms. The molecular formula is C10H9NOS2. The van der Waals surface area contributed by atoms with E-state index in [1.807, 2.05) is 30.5 Å². The van der Waals surface area contributed by atoms with Gasteiger partial charge in [-0.2, -0.15) is 0 Å². The molecule has 1 aliphatic heterocycles. The largest absolute Gasteiger partial charge is 0.286 e. The van der Waals surface area contributed by atoms with Gasteiger partial charge >= 0.3 is 0 Å². The van der Waals surface area contributed by atoms with Crippen molar-refractivity contribution < 1.29 is 4.79 Å². The summed E-state index contributed by atoms with van der Waals surface area (Å²) in [6.45, 7) is 0. The van der Waals surface area contributed by atoms with Crippen LogP contribution in [-0.4, -0.2) is 16.4 Å². The molecule has 2 nitrogen and oxygen atoms in total. The summed E-state index contributed by atoms with van der Waals surface area (Å²) < 4.78 is 0. The number of aliphatic imine (C=N–C) groups is 1. The zero-order valence-corrected chi connectivity index (χ0v) is 9.32. The Kier molecular flexibility index (Phi) is 2.93. The van der Waals surface area contributed by atoms with Crippen molar-refractivity contribution in [1.29, 1.82) is 0 Å². The van der Waals surface area contributed by atoms with Gasteiger partial charge in [0, 0.05) is 4.90 Å². The Morgan fingerprint density at radius 1 is 1.43 bits per heavy atom. The number of para-hydroxylation sites is 1. The minimum Gasteiger partial charge on any atom is -0.286 e. The molecule has 0 unspecified atom stereocenters. The number of nitrogens with zero attached hydrogens (tertiary/aromatic N) is 1. The summed E-state index contributed by atoms with van der Waals surface area (Å²) in [6.07, 6.45) is 2.39. The van der Waals surface area contributed by atoms with Crippen LogP contribution in [-0.2, 0) is 4.79 Å². The Balaban J connectivity index is 2.47. The van der Waals surface area contributed by atoms with E-state index < -0.39 is 0 Å². The van der Waals surface area contributed by atoms with Gasteiger partial charge in [-0.15, -0.1) is 11.8 Å². The van der Waals surface area contributed by atoms with Crippen LogP contribution in [0.5, 0.6) is 0 Å². The molecule has 72 valence electrons. The van der Waals surface area contributed by atoms with Crippen LogP contribution in [0.25, 0.3) is 0 Å². The Bertz CT molecular complexity index is 401. The second kappa shape index (κ2) is 4.19. The van der Waals surface area contributed by atoms with E-state index in [0.29, 0.717) is 6.42 Å². The molecule has 0 bridgehead atoms. The van der Waals surface area contributed by atoms with Crippen LogP contribution >= 0.6 is 23.5 Å². The zero-order valence-electron chi connectivity index (χ0n) is 7.69. The molecule has 0 amide bonds. The van der Waals surface area contributed by atoms with Crippen molar-refractivity contribution in [2.75, 3.05) is 6.26 Å². The minimum absolute atomic E-state index is 0.169. The van der Waals surface area contributed by atoms with E-state index in [0.717, 1.165) is 15.6 Å². The van der Waals surface area contributed by atoms with Gasteiger partial charge in [0.05, 0.1) is 17.2 Å². The number of carbonyl (C=O) groups excluding carboxylic acids is 1. The molecule has 0 saturated heterocycles. The number of thioether (sulfide) groups is 2. The summed E-state index contributed by atoms with van der Waals surface area (Å²) in [6, 6.07) is 7.75. The summed E-state index contributed by atoms with van der Waals surface area (Å²) in [7, 11) is 0. The van der Waals surface area contributed by atoms with Crippen LogP contribution in [0.1, 0.15) is 6.42 Å². The molecule has 0 fully saturated rings. The lowest BCUT2D eigenvalue weighted by atomic mass is 10.3. The molecular weight excluding hydrogens is 214 g/mol. The fourth-order valence-electron chi connectivity index (χ4n) is 1.21. The van der Waals surface area contributed by atoms with Gasteiger partial charge in [-0.1, -0.05) is 12.1 Å². The number of hydrogen-bond donors (Lipinski definition) is 0. The highest BCUT2D eigenvalue weighted by molar-refractivity contribution is 8.15. The standard InChI is InChI=1S/C10H9NOS2/c1-13-9-6-10(12)14-8-5-3-2-4-7(8)11-9/h2-5H,6H2,1H3. The van der Waals surface area contributed by atoms with Crippen molar-refractivity contribution in [3.8, 4) is 0 Å². The minimum atomic E-state index is 0.169. The lowest BCUT2D eigenvalue weighted by Gasteiger charge is -1.98. The molecule has 0 radical (unpaired) electrons. The molecule has 14 heavy (non-hydrogen) atoms. The zero-order chi connectivity index (χ0) is 9.97. The predicted octanol–water partition coefficient (Wildman–Crippen LogP) is 3.10. The molecule has 0 aliphatic carbocycles. The molecule has 2 rings (SSSR count). The molecule has 0 aromatic heterocycles. The highest BCUT2D eigenvalue weighted by Crippen LogP contribution is 2.34. The molecule has 4 heteroatoms. The highest BCUT2D eigenvalue weighted by Gasteiger charge is 2.15. The summed E-state index contributed by atoms with van der Waals surface area (Å²) >= 11 is 2.83. The number of rotatable bonds is 0. The van der Waals surface area contributed by atoms with Gasteiger partial charge in [0.1, 0.15) is 0 Å². The van der Waals surface area contributed by atoms with Gasteiger partial charge in [0.15, 0.2) is 5.12 Å². The van der Waals surface area contributed by atoms with E-state index in [4.69, 9.17) is 0 Å². The third-order valence-electron chi connectivity index (χ3n) is 1.87. The molecule has 1 aromatic rings. The topological polar surface area (TPSA) is 29.4 Å². The van der Waals surface area contributed by atoms with Crippen molar-refractivity contribution in [2.45, 2.75) is 11.3 Å². The van der Waals surface area contributed by atoms with Crippen molar-refractivity contribution in [3.63, 3.8) is 0 Å². The third-order valence-corrected chi connectivity index (χ3v) is 3.51. The van der Waals surface area contributed by atoms with Crippen LogP contribution in [0.15, 0.2) is 34.2 Å². The number of carbonyl (C=O) groups is 1. The lowest BCUT2D eigenvalue weighted by Crippen LogP contribution is -1.97. The van der Waals surface area contributed by atoms with Gasteiger partial charge in [0.25, 0.3) is 0 Å². The summed E-state index contributed by atoms with van der Waals surface area (Å²) in [5, 5.41) is 1.07. The van der Waals surface area contributed by atoms with E-state index in [-0.39, 0.29) is 5.12 Å². The van der Waals surface area contributed by atoms with E-state index >= 15 is 0 Å². The fourth-order valence-corrected chi connectivity index (χ4v) is 2.59. The third kappa shape index (κ3) is 2.01. The van der Waals surface area contributed by atoms with Gasteiger partial charge in [-0.05, 0) is 30.2 Å². The quantitative estimate of drug-likeness (QED) is 0.677. The maximum Gasteiger partial charge on any atom is 0.200 e. The number of benzene rings is 1. The Morgan fingerprint density at radius 2 is 2.21 bits per heavy atom. The molecule has 1 aromatic carbocycles. The van der Waals surface area contributed by atoms with Gasteiger partial charge in [-0.25, -0.2) is 4.99 Å². The van der Waals surface area contributed by atoms with Crippen molar-refractivity contribution in [2.24, 2.45) is 4.99 Å². The Labute approximate surface area is 91.2 Å². The van der Waals surface area contributed by atoms with Crippen molar-refractivity contribution in [1.82, 2.24) is 0 Å². The summed E-state index contributed by atoms with van der Waals surface area (Å²) in [5.41, 5.74) is 0.910. The Hall–Kier alpha value is -0.740. The van der Waals surface area contributed by atoms with Crippen LogP contribution in [0.2, 0.25) is 0 Å². The maximum absolute atomic E-state index is 11.5. The average Bonchev–Trinajstić information content (AvgIpc) is 2.35. The number of fused-ring (bicyclic) bond motifs is 1. The predicted molar refractivity (Wildman–Crippen MR) is 62.5 cm³/mol. The second-order valence-electron chi connectivity index (χ2n) is 2.83. The lowest BCUT2D eigenvalue weighted by molar-refractivity contribution is -0.109. The van der Waals surface area contributed by atoms with E-state index in [9.17, 15) is 4.79 Å². The monoisotopic (exact) mass is 223 g/mol. The molecule has 1 heterocycles. The van der Waals surface area contributed by atoms with E-state index in [2.05, 4.69) is 4.99 Å².